The standard InChI is InChI=1S/C25H32O/c1-4-6-7-8-22-9-11-23(12-10-22)13-14-24-15-17-25(18-16-24)26-20-19-21(3)5-2/h9-12,15-18,21H,4-8,19-20H2,1-3H3. The van der Waals surface area contributed by atoms with Crippen LogP contribution in [0.1, 0.15) is 69.6 Å². The molecule has 2 aromatic carbocycles. The molecule has 2 aromatic rings. The Kier molecular flexibility index (Phi) is 8.84. The molecule has 0 fully saturated rings. The van der Waals surface area contributed by atoms with Crippen molar-refractivity contribution in [3.8, 4) is 17.6 Å². The van der Waals surface area contributed by atoms with E-state index in [-0.39, 0.29) is 0 Å². The molecule has 0 aliphatic heterocycles. The Balaban J connectivity index is 1.85. The van der Waals surface area contributed by atoms with Gasteiger partial charge in [0.2, 0.25) is 0 Å². The Morgan fingerprint density at radius 1 is 0.846 bits per heavy atom. The molecule has 0 saturated heterocycles. The van der Waals surface area contributed by atoms with E-state index in [2.05, 4.69) is 56.9 Å². The van der Waals surface area contributed by atoms with Gasteiger partial charge in [-0.15, -0.1) is 0 Å². The van der Waals surface area contributed by atoms with Crippen LogP contribution < -0.4 is 4.74 Å². The zero-order valence-electron chi connectivity index (χ0n) is 16.6. The van der Waals surface area contributed by atoms with Crippen molar-refractivity contribution in [3.63, 3.8) is 0 Å². The van der Waals surface area contributed by atoms with Crippen molar-refractivity contribution in [1.29, 1.82) is 0 Å². The zero-order chi connectivity index (χ0) is 18.6. The maximum atomic E-state index is 5.80. The summed E-state index contributed by atoms with van der Waals surface area (Å²) in [5.41, 5.74) is 3.49. The summed E-state index contributed by atoms with van der Waals surface area (Å²) in [6, 6.07) is 16.7. The molecule has 0 saturated carbocycles. The summed E-state index contributed by atoms with van der Waals surface area (Å²) >= 11 is 0. The van der Waals surface area contributed by atoms with Crippen LogP contribution in [0.5, 0.6) is 5.75 Å². The smallest absolute Gasteiger partial charge is 0.119 e. The topological polar surface area (TPSA) is 9.23 Å². The van der Waals surface area contributed by atoms with E-state index in [1.165, 1.54) is 37.7 Å². The van der Waals surface area contributed by atoms with Gasteiger partial charge in [0, 0.05) is 11.1 Å². The van der Waals surface area contributed by atoms with Gasteiger partial charge in [-0.25, -0.2) is 0 Å². The van der Waals surface area contributed by atoms with Gasteiger partial charge in [0.15, 0.2) is 0 Å². The van der Waals surface area contributed by atoms with E-state index in [1.807, 2.05) is 24.3 Å². The highest BCUT2D eigenvalue weighted by Gasteiger charge is 1.99. The number of benzene rings is 2. The molecule has 138 valence electrons. The van der Waals surface area contributed by atoms with E-state index in [4.69, 9.17) is 4.74 Å². The van der Waals surface area contributed by atoms with E-state index < -0.39 is 0 Å². The van der Waals surface area contributed by atoms with Crippen LogP contribution >= 0.6 is 0 Å². The summed E-state index contributed by atoms with van der Waals surface area (Å²) in [5.74, 6) is 8.13. The lowest BCUT2D eigenvalue weighted by Crippen LogP contribution is -2.03. The molecule has 26 heavy (non-hydrogen) atoms. The van der Waals surface area contributed by atoms with Crippen LogP contribution in [0.2, 0.25) is 0 Å². The van der Waals surface area contributed by atoms with Crippen molar-refractivity contribution in [2.45, 2.75) is 59.3 Å². The highest BCUT2D eigenvalue weighted by molar-refractivity contribution is 5.44. The molecular weight excluding hydrogens is 316 g/mol. The van der Waals surface area contributed by atoms with Crippen LogP contribution in [-0.2, 0) is 6.42 Å². The van der Waals surface area contributed by atoms with Crippen molar-refractivity contribution in [1.82, 2.24) is 0 Å². The molecule has 1 heteroatoms. The molecule has 0 spiro atoms. The monoisotopic (exact) mass is 348 g/mol. The molecule has 1 atom stereocenters. The SMILES string of the molecule is CCCCCc1ccc(C#Cc2ccc(OCCC(C)CC)cc2)cc1. The maximum absolute atomic E-state index is 5.80. The number of aryl methyl sites for hydroxylation is 1. The summed E-state index contributed by atoms with van der Waals surface area (Å²) in [7, 11) is 0. The first-order chi connectivity index (χ1) is 12.7. The van der Waals surface area contributed by atoms with Gasteiger partial charge in [0.05, 0.1) is 6.61 Å². The van der Waals surface area contributed by atoms with Crippen molar-refractivity contribution < 1.29 is 4.74 Å². The number of rotatable bonds is 9. The quantitative estimate of drug-likeness (QED) is 0.365. The summed E-state index contributed by atoms with van der Waals surface area (Å²) in [5, 5.41) is 0. The van der Waals surface area contributed by atoms with E-state index in [0.717, 1.165) is 35.8 Å². The van der Waals surface area contributed by atoms with E-state index in [9.17, 15) is 0 Å². The molecule has 0 aliphatic rings. The van der Waals surface area contributed by atoms with Gasteiger partial charge in [-0.05, 0) is 67.1 Å². The molecule has 0 aliphatic carbocycles. The third-order valence-corrected chi connectivity index (χ3v) is 4.80. The predicted octanol–water partition coefficient (Wildman–Crippen LogP) is 6.63. The number of ether oxygens (including phenoxy) is 1. The first kappa shape index (κ1) is 20.1. The summed E-state index contributed by atoms with van der Waals surface area (Å²) in [6.07, 6.45) is 7.32. The van der Waals surface area contributed by atoms with E-state index in [1.54, 1.807) is 0 Å². The Hall–Kier alpha value is -2.20. The van der Waals surface area contributed by atoms with Crippen LogP contribution in [0.25, 0.3) is 0 Å². The van der Waals surface area contributed by atoms with Crippen molar-refractivity contribution in [2.75, 3.05) is 6.61 Å². The van der Waals surface area contributed by atoms with Gasteiger partial charge in [-0.2, -0.15) is 0 Å². The second kappa shape index (κ2) is 11.4. The van der Waals surface area contributed by atoms with Crippen molar-refractivity contribution >= 4 is 0 Å². The number of unbranched alkanes of at least 4 members (excludes halogenated alkanes) is 2. The van der Waals surface area contributed by atoms with Crippen LogP contribution in [0.15, 0.2) is 48.5 Å². The van der Waals surface area contributed by atoms with Crippen molar-refractivity contribution in [3.05, 3.63) is 65.2 Å². The zero-order valence-corrected chi connectivity index (χ0v) is 16.6. The Morgan fingerprint density at radius 3 is 2.04 bits per heavy atom. The third kappa shape index (κ3) is 7.36. The van der Waals surface area contributed by atoms with Crippen molar-refractivity contribution in [2.24, 2.45) is 5.92 Å². The van der Waals surface area contributed by atoms with Crippen LogP contribution in [-0.4, -0.2) is 6.61 Å². The highest BCUT2D eigenvalue weighted by Crippen LogP contribution is 2.14. The lowest BCUT2D eigenvalue weighted by atomic mass is 10.1. The molecular formula is C25H32O. The molecule has 0 bridgehead atoms. The molecule has 0 N–H and O–H groups in total. The first-order valence-corrected chi connectivity index (χ1v) is 10.0. The fourth-order valence-electron chi connectivity index (χ4n) is 2.69. The van der Waals surface area contributed by atoms with Gasteiger partial charge < -0.3 is 4.74 Å². The maximum Gasteiger partial charge on any atom is 0.119 e. The molecule has 2 rings (SSSR count). The molecule has 0 radical (unpaired) electrons. The first-order valence-electron chi connectivity index (χ1n) is 10.0. The average molecular weight is 349 g/mol. The molecule has 0 amide bonds. The second-order valence-corrected chi connectivity index (χ2v) is 7.08. The third-order valence-electron chi connectivity index (χ3n) is 4.80. The van der Waals surface area contributed by atoms with Gasteiger partial charge in [0.25, 0.3) is 0 Å². The fraction of sp³-hybridized carbons (Fsp3) is 0.440. The lowest BCUT2D eigenvalue weighted by Gasteiger charge is -2.09. The minimum absolute atomic E-state index is 0.721. The average Bonchev–Trinajstić information content (AvgIpc) is 2.68. The van der Waals surface area contributed by atoms with Crippen LogP contribution in [0, 0.1) is 17.8 Å². The minimum Gasteiger partial charge on any atom is -0.494 e. The van der Waals surface area contributed by atoms with E-state index >= 15 is 0 Å². The van der Waals surface area contributed by atoms with Gasteiger partial charge >= 0.3 is 0 Å². The normalized spacial score (nSPS) is 11.5. The predicted molar refractivity (Wildman–Crippen MR) is 112 cm³/mol. The minimum atomic E-state index is 0.721. The summed E-state index contributed by atoms with van der Waals surface area (Å²) < 4.78 is 5.80. The van der Waals surface area contributed by atoms with Gasteiger partial charge in [-0.1, -0.05) is 64.0 Å². The van der Waals surface area contributed by atoms with Crippen LogP contribution in [0.3, 0.4) is 0 Å². The van der Waals surface area contributed by atoms with E-state index in [0.29, 0.717) is 0 Å². The Morgan fingerprint density at radius 2 is 1.46 bits per heavy atom. The lowest BCUT2D eigenvalue weighted by molar-refractivity contribution is 0.281. The van der Waals surface area contributed by atoms with Crippen LogP contribution in [0.4, 0.5) is 0 Å². The van der Waals surface area contributed by atoms with Gasteiger partial charge in [0.1, 0.15) is 5.75 Å². The van der Waals surface area contributed by atoms with Gasteiger partial charge in [-0.3, -0.25) is 0 Å². The molecule has 1 unspecified atom stereocenters. The highest BCUT2D eigenvalue weighted by atomic mass is 16.5. The molecule has 0 aromatic heterocycles. The Labute approximate surface area is 159 Å². The fourth-order valence-corrected chi connectivity index (χ4v) is 2.69. The molecule has 1 nitrogen and oxygen atoms in total. The summed E-state index contributed by atoms with van der Waals surface area (Å²) in [6.45, 7) is 7.51. The largest absolute Gasteiger partial charge is 0.494 e. The number of hydrogen-bond donors (Lipinski definition) is 0. The number of hydrogen-bond acceptors (Lipinski definition) is 1. The summed E-state index contributed by atoms with van der Waals surface area (Å²) in [4.78, 5) is 0. The Bertz CT molecular complexity index is 686. The second-order valence-electron chi connectivity index (χ2n) is 7.08. The molecule has 0 heterocycles.